The zero-order valence-corrected chi connectivity index (χ0v) is 12.8. The van der Waals surface area contributed by atoms with E-state index >= 15 is 0 Å². The normalized spacial score (nSPS) is 20.3. The fourth-order valence-electron chi connectivity index (χ4n) is 2.75. The first-order valence-electron chi connectivity index (χ1n) is 7.50. The van der Waals surface area contributed by atoms with Crippen LogP contribution in [0.25, 0.3) is 0 Å². The third kappa shape index (κ3) is 3.11. The Morgan fingerprint density at radius 2 is 2.11 bits per heavy atom. The Morgan fingerprint density at radius 1 is 1.32 bits per heavy atom. The lowest BCUT2D eigenvalue weighted by Crippen LogP contribution is -2.27. The molecule has 2 rings (SSSR count). The van der Waals surface area contributed by atoms with Crippen LogP contribution in [0.15, 0.2) is 18.2 Å². The predicted octanol–water partition coefficient (Wildman–Crippen LogP) is 4.20. The summed E-state index contributed by atoms with van der Waals surface area (Å²) in [6.07, 6.45) is 4.96. The van der Waals surface area contributed by atoms with Crippen molar-refractivity contribution in [2.24, 2.45) is 0 Å². The third-order valence-electron chi connectivity index (χ3n) is 4.58. The Bertz CT molecular complexity index is 419. The molecule has 1 aromatic carbocycles. The second-order valence-corrected chi connectivity index (χ2v) is 6.20. The van der Waals surface area contributed by atoms with Crippen molar-refractivity contribution in [3.63, 3.8) is 0 Å². The number of hydrogen-bond acceptors (Lipinski definition) is 2. The van der Waals surface area contributed by atoms with Crippen LogP contribution in [-0.2, 0) is 5.41 Å². The molecule has 0 bridgehead atoms. The molecule has 106 valence electrons. The summed E-state index contributed by atoms with van der Waals surface area (Å²) in [5, 5.41) is 3.63. The first-order valence-corrected chi connectivity index (χ1v) is 7.50. The third-order valence-corrected chi connectivity index (χ3v) is 4.58. The maximum absolute atomic E-state index is 5.56. The van der Waals surface area contributed by atoms with Gasteiger partial charge in [-0.25, -0.2) is 0 Å². The van der Waals surface area contributed by atoms with E-state index < -0.39 is 0 Å². The number of methoxy groups -OCH3 is 1. The standard InChI is InChI=1S/C17H27NO/c1-5-17(2,3)13-9-10-16(19-4)14(12-13)15-8-6-7-11-18-15/h9-10,12,15,18H,5-8,11H2,1-4H3. The van der Waals surface area contributed by atoms with E-state index in [0.717, 1.165) is 18.7 Å². The molecule has 1 unspecified atom stereocenters. The van der Waals surface area contributed by atoms with Crippen molar-refractivity contribution in [2.45, 2.75) is 57.9 Å². The Hall–Kier alpha value is -1.02. The molecule has 2 nitrogen and oxygen atoms in total. The highest BCUT2D eigenvalue weighted by Crippen LogP contribution is 2.35. The number of piperidine rings is 1. The number of hydrogen-bond donors (Lipinski definition) is 1. The molecule has 0 saturated carbocycles. The minimum atomic E-state index is 0.232. The van der Waals surface area contributed by atoms with E-state index in [-0.39, 0.29) is 5.41 Å². The number of ether oxygens (including phenoxy) is 1. The van der Waals surface area contributed by atoms with Gasteiger partial charge in [-0.3, -0.25) is 0 Å². The Morgan fingerprint density at radius 3 is 2.68 bits per heavy atom. The van der Waals surface area contributed by atoms with Gasteiger partial charge in [-0.15, -0.1) is 0 Å². The molecule has 0 aromatic heterocycles. The molecule has 1 aliphatic rings. The molecule has 19 heavy (non-hydrogen) atoms. The van der Waals surface area contributed by atoms with E-state index in [1.165, 1.54) is 30.4 Å². The molecule has 1 aromatic rings. The predicted molar refractivity (Wildman–Crippen MR) is 80.9 cm³/mol. The fourth-order valence-corrected chi connectivity index (χ4v) is 2.75. The molecule has 1 N–H and O–H groups in total. The maximum Gasteiger partial charge on any atom is 0.123 e. The molecule has 0 spiro atoms. The van der Waals surface area contributed by atoms with Gasteiger partial charge in [0.15, 0.2) is 0 Å². The average molecular weight is 261 g/mol. The van der Waals surface area contributed by atoms with Crippen LogP contribution in [0.1, 0.15) is 63.6 Å². The van der Waals surface area contributed by atoms with Crippen LogP contribution < -0.4 is 10.1 Å². The summed E-state index contributed by atoms with van der Waals surface area (Å²) < 4.78 is 5.56. The van der Waals surface area contributed by atoms with Crippen LogP contribution in [0, 0.1) is 0 Å². The minimum Gasteiger partial charge on any atom is -0.496 e. The van der Waals surface area contributed by atoms with Gasteiger partial charge in [-0.1, -0.05) is 33.3 Å². The lowest BCUT2D eigenvalue weighted by atomic mass is 9.80. The van der Waals surface area contributed by atoms with E-state index in [1.807, 2.05) is 0 Å². The molecule has 1 fully saturated rings. The molecule has 1 atom stereocenters. The van der Waals surface area contributed by atoms with Gasteiger partial charge in [0, 0.05) is 11.6 Å². The Balaban J connectivity index is 2.36. The molecule has 0 aliphatic carbocycles. The van der Waals surface area contributed by atoms with Crippen molar-refractivity contribution in [1.29, 1.82) is 0 Å². The van der Waals surface area contributed by atoms with Gasteiger partial charge in [-0.2, -0.15) is 0 Å². The minimum absolute atomic E-state index is 0.232. The van der Waals surface area contributed by atoms with Gasteiger partial charge in [0.05, 0.1) is 7.11 Å². The van der Waals surface area contributed by atoms with Crippen molar-refractivity contribution in [3.8, 4) is 5.75 Å². The second kappa shape index (κ2) is 5.96. The summed E-state index contributed by atoms with van der Waals surface area (Å²) in [5.41, 5.74) is 2.98. The van der Waals surface area contributed by atoms with Crippen molar-refractivity contribution >= 4 is 0 Å². The smallest absolute Gasteiger partial charge is 0.123 e. The summed E-state index contributed by atoms with van der Waals surface area (Å²) in [7, 11) is 1.77. The van der Waals surface area contributed by atoms with Crippen molar-refractivity contribution in [3.05, 3.63) is 29.3 Å². The first kappa shape index (κ1) is 14.4. The summed E-state index contributed by atoms with van der Waals surface area (Å²) in [6.45, 7) is 8.00. The highest BCUT2D eigenvalue weighted by Gasteiger charge is 2.23. The Labute approximate surface area is 117 Å². The summed E-state index contributed by atoms with van der Waals surface area (Å²) >= 11 is 0. The summed E-state index contributed by atoms with van der Waals surface area (Å²) in [6, 6.07) is 7.16. The Kier molecular flexibility index (Phi) is 4.51. The lowest BCUT2D eigenvalue weighted by molar-refractivity contribution is 0.372. The fraction of sp³-hybridized carbons (Fsp3) is 0.647. The van der Waals surface area contributed by atoms with E-state index in [4.69, 9.17) is 4.74 Å². The summed E-state index contributed by atoms with van der Waals surface area (Å²) in [4.78, 5) is 0. The van der Waals surface area contributed by atoms with E-state index in [2.05, 4.69) is 44.3 Å². The largest absolute Gasteiger partial charge is 0.496 e. The van der Waals surface area contributed by atoms with E-state index in [0.29, 0.717) is 6.04 Å². The zero-order valence-electron chi connectivity index (χ0n) is 12.8. The van der Waals surface area contributed by atoms with Crippen molar-refractivity contribution < 1.29 is 4.74 Å². The number of nitrogens with one attached hydrogen (secondary N) is 1. The number of benzene rings is 1. The SMILES string of the molecule is CCC(C)(C)c1ccc(OC)c(C2CCCCN2)c1. The van der Waals surface area contributed by atoms with E-state index in [9.17, 15) is 0 Å². The van der Waals surface area contributed by atoms with Crippen LogP contribution in [0.3, 0.4) is 0 Å². The van der Waals surface area contributed by atoms with Crippen LogP contribution in [0.2, 0.25) is 0 Å². The molecule has 1 aliphatic heterocycles. The van der Waals surface area contributed by atoms with Crippen LogP contribution >= 0.6 is 0 Å². The van der Waals surface area contributed by atoms with Gasteiger partial charge in [0.1, 0.15) is 5.75 Å². The quantitative estimate of drug-likeness (QED) is 0.877. The van der Waals surface area contributed by atoms with Crippen LogP contribution in [-0.4, -0.2) is 13.7 Å². The van der Waals surface area contributed by atoms with Crippen LogP contribution in [0.5, 0.6) is 5.75 Å². The topological polar surface area (TPSA) is 21.3 Å². The molecule has 2 heteroatoms. The summed E-state index contributed by atoms with van der Waals surface area (Å²) in [5.74, 6) is 1.02. The van der Waals surface area contributed by atoms with Crippen molar-refractivity contribution in [2.75, 3.05) is 13.7 Å². The lowest BCUT2D eigenvalue weighted by Gasteiger charge is -2.29. The van der Waals surface area contributed by atoms with Gasteiger partial charge in [0.25, 0.3) is 0 Å². The average Bonchev–Trinajstić information content (AvgIpc) is 2.47. The van der Waals surface area contributed by atoms with Crippen molar-refractivity contribution in [1.82, 2.24) is 5.32 Å². The highest BCUT2D eigenvalue weighted by atomic mass is 16.5. The van der Waals surface area contributed by atoms with Gasteiger partial charge >= 0.3 is 0 Å². The monoisotopic (exact) mass is 261 g/mol. The number of rotatable bonds is 4. The molecule has 0 amide bonds. The molecule has 1 saturated heterocycles. The molecule has 0 radical (unpaired) electrons. The maximum atomic E-state index is 5.56. The molecule has 1 heterocycles. The second-order valence-electron chi connectivity index (χ2n) is 6.20. The van der Waals surface area contributed by atoms with Gasteiger partial charge < -0.3 is 10.1 Å². The highest BCUT2D eigenvalue weighted by molar-refractivity contribution is 5.42. The van der Waals surface area contributed by atoms with E-state index in [1.54, 1.807) is 7.11 Å². The van der Waals surface area contributed by atoms with Gasteiger partial charge in [0.2, 0.25) is 0 Å². The first-order chi connectivity index (χ1) is 9.08. The zero-order chi connectivity index (χ0) is 13.9. The molecular formula is C17H27NO. The molecular weight excluding hydrogens is 234 g/mol. The van der Waals surface area contributed by atoms with Gasteiger partial charge in [-0.05, 0) is 48.9 Å². The van der Waals surface area contributed by atoms with Crippen LogP contribution in [0.4, 0.5) is 0 Å².